The fraction of sp³-hybridized carbons (Fsp3) is 0.600. The number of anilines is 1. The summed E-state index contributed by atoms with van der Waals surface area (Å²) in [7, 11) is -4.65. The molecular formula is C10H16N3O7P. The molecule has 0 spiro atoms. The lowest BCUT2D eigenvalue weighted by atomic mass is 10.2. The SMILES string of the molecule is Cc1cn([C@@H]2C[C@@H](O)[C@H](COP(=O)(O)O)O2)c(=O)nc1N. The van der Waals surface area contributed by atoms with E-state index >= 15 is 0 Å². The van der Waals surface area contributed by atoms with Crippen molar-refractivity contribution < 1.29 is 28.7 Å². The van der Waals surface area contributed by atoms with Gasteiger partial charge in [-0.25, -0.2) is 9.36 Å². The molecule has 21 heavy (non-hydrogen) atoms. The molecule has 118 valence electrons. The molecule has 3 atom stereocenters. The molecule has 1 saturated heterocycles. The largest absolute Gasteiger partial charge is 0.469 e. The summed E-state index contributed by atoms with van der Waals surface area (Å²) in [5.41, 5.74) is 5.46. The van der Waals surface area contributed by atoms with Crippen molar-refractivity contribution in [1.29, 1.82) is 0 Å². The van der Waals surface area contributed by atoms with Gasteiger partial charge in [-0.3, -0.25) is 9.09 Å². The Balaban J connectivity index is 2.12. The van der Waals surface area contributed by atoms with Gasteiger partial charge in [-0.1, -0.05) is 0 Å². The van der Waals surface area contributed by atoms with Crippen LogP contribution in [0.1, 0.15) is 18.2 Å². The molecule has 10 nitrogen and oxygen atoms in total. The van der Waals surface area contributed by atoms with Gasteiger partial charge in [-0.2, -0.15) is 4.98 Å². The molecular weight excluding hydrogens is 305 g/mol. The molecule has 1 aliphatic rings. The Labute approximate surface area is 119 Å². The molecule has 2 heterocycles. The minimum absolute atomic E-state index is 0.0696. The van der Waals surface area contributed by atoms with Crippen LogP contribution in [0.2, 0.25) is 0 Å². The predicted molar refractivity (Wildman–Crippen MR) is 70.2 cm³/mol. The van der Waals surface area contributed by atoms with Gasteiger partial charge >= 0.3 is 13.5 Å². The molecule has 1 aromatic rings. The van der Waals surface area contributed by atoms with E-state index < -0.39 is 38.6 Å². The highest BCUT2D eigenvalue weighted by atomic mass is 31.2. The van der Waals surface area contributed by atoms with Gasteiger partial charge in [-0.05, 0) is 6.92 Å². The van der Waals surface area contributed by atoms with Gasteiger partial charge in [0.2, 0.25) is 0 Å². The molecule has 0 radical (unpaired) electrons. The van der Waals surface area contributed by atoms with E-state index in [-0.39, 0.29) is 12.2 Å². The van der Waals surface area contributed by atoms with E-state index in [0.717, 1.165) is 0 Å². The first-order valence-corrected chi connectivity index (χ1v) is 7.59. The zero-order valence-corrected chi connectivity index (χ0v) is 12.0. The van der Waals surface area contributed by atoms with Gasteiger partial charge in [0.25, 0.3) is 0 Å². The van der Waals surface area contributed by atoms with Gasteiger partial charge in [0.15, 0.2) is 0 Å². The molecule has 0 aromatic carbocycles. The minimum Gasteiger partial charge on any atom is -0.390 e. The summed E-state index contributed by atoms with van der Waals surface area (Å²) in [4.78, 5) is 32.6. The van der Waals surface area contributed by atoms with Crippen LogP contribution in [-0.4, -0.2) is 43.3 Å². The van der Waals surface area contributed by atoms with Gasteiger partial charge in [0.1, 0.15) is 18.1 Å². The number of aliphatic hydroxyl groups is 1. The van der Waals surface area contributed by atoms with Crippen molar-refractivity contribution in [3.05, 3.63) is 22.2 Å². The van der Waals surface area contributed by atoms with Crippen molar-refractivity contribution in [2.75, 3.05) is 12.3 Å². The number of hydrogen-bond donors (Lipinski definition) is 4. The van der Waals surface area contributed by atoms with Gasteiger partial charge in [0.05, 0.1) is 12.7 Å². The van der Waals surface area contributed by atoms with E-state index in [2.05, 4.69) is 9.51 Å². The first kappa shape index (κ1) is 16.1. The first-order chi connectivity index (χ1) is 9.67. The third-order valence-corrected chi connectivity index (χ3v) is 3.58. The number of phosphoric ester groups is 1. The highest BCUT2D eigenvalue weighted by Gasteiger charge is 2.37. The second kappa shape index (κ2) is 5.84. The average molecular weight is 321 g/mol. The summed E-state index contributed by atoms with van der Waals surface area (Å²) < 4.78 is 21.5. The van der Waals surface area contributed by atoms with Crippen LogP contribution >= 0.6 is 7.82 Å². The van der Waals surface area contributed by atoms with E-state index in [1.165, 1.54) is 10.8 Å². The third kappa shape index (κ3) is 3.88. The number of nitrogen functional groups attached to an aromatic ring is 1. The summed E-state index contributed by atoms with van der Waals surface area (Å²) in [5, 5.41) is 9.81. The Hall–Kier alpha value is -1.29. The maximum absolute atomic E-state index is 11.8. The number of aryl methyl sites for hydroxylation is 1. The first-order valence-electron chi connectivity index (χ1n) is 6.06. The molecule has 0 amide bonds. The van der Waals surface area contributed by atoms with E-state index in [9.17, 15) is 14.5 Å². The molecule has 0 saturated carbocycles. The standard InChI is InChI=1S/C10H16N3O7P/c1-5-3-13(10(15)12-9(5)11)8-2-6(14)7(20-8)4-19-21(16,17)18/h3,6-8,14H,2,4H2,1H3,(H2,11,12,15)(H2,16,17,18)/t6-,7+,8+/m1/s1. The summed E-state index contributed by atoms with van der Waals surface area (Å²) in [6.45, 7) is 1.18. The van der Waals surface area contributed by atoms with Crippen molar-refractivity contribution in [3.63, 3.8) is 0 Å². The number of aromatic nitrogens is 2. The molecule has 2 rings (SSSR count). The van der Waals surface area contributed by atoms with Crippen LogP contribution in [0, 0.1) is 6.92 Å². The zero-order valence-electron chi connectivity index (χ0n) is 11.1. The third-order valence-electron chi connectivity index (χ3n) is 3.10. The van der Waals surface area contributed by atoms with Gasteiger partial charge < -0.3 is 25.4 Å². The molecule has 1 aliphatic heterocycles. The summed E-state index contributed by atoms with van der Waals surface area (Å²) in [6.07, 6.45) is -1.25. The molecule has 5 N–H and O–H groups in total. The number of phosphoric acid groups is 1. The molecule has 11 heteroatoms. The maximum atomic E-state index is 11.8. The second-order valence-electron chi connectivity index (χ2n) is 4.72. The molecule has 1 fully saturated rings. The van der Waals surface area contributed by atoms with Crippen LogP contribution in [-0.2, 0) is 13.8 Å². The smallest absolute Gasteiger partial charge is 0.390 e. The Morgan fingerprint density at radius 1 is 1.62 bits per heavy atom. The number of nitrogens with two attached hydrogens (primary N) is 1. The topological polar surface area (TPSA) is 157 Å². The fourth-order valence-electron chi connectivity index (χ4n) is 1.99. The predicted octanol–water partition coefficient (Wildman–Crippen LogP) is -1.11. The van der Waals surface area contributed by atoms with Crippen molar-refractivity contribution in [3.8, 4) is 0 Å². The van der Waals surface area contributed by atoms with Crippen molar-refractivity contribution >= 4 is 13.6 Å². The van der Waals surface area contributed by atoms with Crippen LogP contribution in [0.3, 0.4) is 0 Å². The highest BCUT2D eigenvalue weighted by molar-refractivity contribution is 7.46. The van der Waals surface area contributed by atoms with E-state index in [1.807, 2.05) is 0 Å². The number of hydrogen-bond acceptors (Lipinski definition) is 7. The van der Waals surface area contributed by atoms with Crippen molar-refractivity contribution in [2.24, 2.45) is 0 Å². The monoisotopic (exact) mass is 321 g/mol. The van der Waals surface area contributed by atoms with Crippen molar-refractivity contribution in [1.82, 2.24) is 9.55 Å². The van der Waals surface area contributed by atoms with Crippen molar-refractivity contribution in [2.45, 2.75) is 31.8 Å². The lowest BCUT2D eigenvalue weighted by Gasteiger charge is -2.16. The van der Waals surface area contributed by atoms with Crippen LogP contribution in [0.15, 0.2) is 11.0 Å². The Kier molecular flexibility index (Phi) is 4.47. The normalized spacial score (nSPS) is 26.2. The van der Waals surface area contributed by atoms with Gasteiger partial charge in [0, 0.05) is 18.2 Å². The molecule has 0 unspecified atom stereocenters. The fourth-order valence-corrected chi connectivity index (χ4v) is 2.33. The number of ether oxygens (including phenoxy) is 1. The number of rotatable bonds is 4. The lowest BCUT2D eigenvalue weighted by Crippen LogP contribution is -2.29. The summed E-state index contributed by atoms with van der Waals surface area (Å²) in [5.74, 6) is 0.108. The number of aliphatic hydroxyl groups excluding tert-OH is 1. The summed E-state index contributed by atoms with van der Waals surface area (Å²) >= 11 is 0. The minimum atomic E-state index is -4.65. The lowest BCUT2D eigenvalue weighted by molar-refractivity contribution is -0.0450. The average Bonchev–Trinajstić information content (AvgIpc) is 2.72. The van der Waals surface area contributed by atoms with Gasteiger partial charge in [-0.15, -0.1) is 0 Å². The Bertz CT molecular complexity index is 628. The van der Waals surface area contributed by atoms with Crippen LogP contribution in [0.25, 0.3) is 0 Å². The van der Waals surface area contributed by atoms with E-state index in [4.69, 9.17) is 20.3 Å². The Morgan fingerprint density at radius 2 is 2.29 bits per heavy atom. The number of nitrogens with zero attached hydrogens (tertiary/aromatic N) is 2. The molecule has 1 aromatic heterocycles. The molecule has 0 aliphatic carbocycles. The maximum Gasteiger partial charge on any atom is 0.469 e. The highest BCUT2D eigenvalue weighted by Crippen LogP contribution is 2.38. The van der Waals surface area contributed by atoms with Crippen LogP contribution in [0.4, 0.5) is 5.82 Å². The molecule has 0 bridgehead atoms. The second-order valence-corrected chi connectivity index (χ2v) is 5.96. The quantitative estimate of drug-likeness (QED) is 0.505. The van der Waals surface area contributed by atoms with E-state index in [0.29, 0.717) is 5.56 Å². The van der Waals surface area contributed by atoms with Crippen LogP contribution < -0.4 is 11.4 Å². The zero-order chi connectivity index (χ0) is 15.8. The Morgan fingerprint density at radius 3 is 2.90 bits per heavy atom. The summed E-state index contributed by atoms with van der Waals surface area (Å²) in [6, 6.07) is 0. The van der Waals surface area contributed by atoms with E-state index in [1.54, 1.807) is 6.92 Å². The van der Waals surface area contributed by atoms with Crippen LogP contribution in [0.5, 0.6) is 0 Å².